The van der Waals surface area contributed by atoms with Crippen molar-refractivity contribution in [1.82, 2.24) is 10.1 Å². The summed E-state index contributed by atoms with van der Waals surface area (Å²) in [6, 6.07) is 13.2. The van der Waals surface area contributed by atoms with E-state index in [-0.39, 0.29) is 19.3 Å². The Hall–Kier alpha value is -3.61. The Morgan fingerprint density at radius 1 is 1.15 bits per heavy atom. The third-order valence-corrected chi connectivity index (χ3v) is 3.93. The fourth-order valence-corrected chi connectivity index (χ4v) is 2.49. The summed E-state index contributed by atoms with van der Waals surface area (Å²) in [5.74, 6) is 1.41. The molecule has 0 unspecified atom stereocenters. The third kappa shape index (κ3) is 3.98. The quantitative estimate of drug-likeness (QED) is 0.506. The number of nitrogens with zero attached hydrogens (tertiary/aromatic N) is 2. The van der Waals surface area contributed by atoms with Crippen LogP contribution in [0.15, 0.2) is 53.1 Å². The highest BCUT2D eigenvalue weighted by Gasteiger charge is 2.16. The molecule has 0 amide bonds. The Morgan fingerprint density at radius 2 is 1.96 bits per heavy atom. The number of esters is 1. The molecule has 0 N–H and O–H groups in total. The van der Waals surface area contributed by atoms with Gasteiger partial charge in [0, 0.05) is 11.6 Å². The Labute approximate surface area is 155 Å². The molecule has 0 radical (unpaired) electrons. The van der Waals surface area contributed by atoms with Crippen molar-refractivity contribution in [2.75, 3.05) is 6.79 Å². The number of benzene rings is 2. The van der Waals surface area contributed by atoms with Gasteiger partial charge < -0.3 is 18.7 Å². The number of ether oxygens (including phenoxy) is 3. The molecular weight excluding hydrogens is 348 g/mol. The standard InChI is InChI=1S/C20H16N2O5/c1-13-2-4-14(5-3-13)6-9-19(23)24-11-18-21-20(22-27-18)15-7-8-16-17(10-15)26-12-25-16/h2-10H,11-12H2,1H3/b9-6+. The molecule has 1 aliphatic heterocycles. The van der Waals surface area contributed by atoms with E-state index in [4.69, 9.17) is 18.7 Å². The number of aryl methyl sites for hydroxylation is 1. The first-order valence-corrected chi connectivity index (χ1v) is 8.31. The highest BCUT2D eigenvalue weighted by molar-refractivity contribution is 5.87. The summed E-state index contributed by atoms with van der Waals surface area (Å²) in [6.07, 6.45) is 3.05. The van der Waals surface area contributed by atoms with E-state index >= 15 is 0 Å². The summed E-state index contributed by atoms with van der Waals surface area (Å²) in [5, 5.41) is 3.90. The van der Waals surface area contributed by atoms with Crippen LogP contribution in [0.4, 0.5) is 0 Å². The molecule has 0 fully saturated rings. The van der Waals surface area contributed by atoms with Crippen molar-refractivity contribution in [3.05, 3.63) is 65.6 Å². The van der Waals surface area contributed by atoms with E-state index in [1.807, 2.05) is 31.2 Å². The highest BCUT2D eigenvalue weighted by Crippen LogP contribution is 2.35. The van der Waals surface area contributed by atoms with Crippen LogP contribution < -0.4 is 9.47 Å². The van der Waals surface area contributed by atoms with Gasteiger partial charge in [-0.1, -0.05) is 35.0 Å². The zero-order chi connectivity index (χ0) is 18.6. The fourth-order valence-electron chi connectivity index (χ4n) is 2.49. The Morgan fingerprint density at radius 3 is 2.81 bits per heavy atom. The molecule has 0 bridgehead atoms. The summed E-state index contributed by atoms with van der Waals surface area (Å²) in [7, 11) is 0. The SMILES string of the molecule is Cc1ccc(/C=C/C(=O)OCc2nc(-c3ccc4c(c3)OCO4)no2)cc1. The molecular formula is C20H16N2O5. The van der Waals surface area contributed by atoms with Crippen LogP contribution in [0.1, 0.15) is 17.0 Å². The van der Waals surface area contributed by atoms with Gasteiger partial charge in [0.1, 0.15) is 0 Å². The fraction of sp³-hybridized carbons (Fsp3) is 0.150. The summed E-state index contributed by atoms with van der Waals surface area (Å²) in [6.45, 7) is 2.10. The van der Waals surface area contributed by atoms with Gasteiger partial charge in [-0.2, -0.15) is 4.98 Å². The molecule has 2 aromatic carbocycles. The lowest BCUT2D eigenvalue weighted by Gasteiger charge is -1.98. The summed E-state index contributed by atoms with van der Waals surface area (Å²) >= 11 is 0. The lowest BCUT2D eigenvalue weighted by molar-refractivity contribution is -0.139. The molecule has 7 nitrogen and oxygen atoms in total. The van der Waals surface area contributed by atoms with Crippen molar-refractivity contribution < 1.29 is 23.5 Å². The lowest BCUT2D eigenvalue weighted by atomic mass is 10.1. The topological polar surface area (TPSA) is 83.7 Å². The molecule has 136 valence electrons. The van der Waals surface area contributed by atoms with Gasteiger partial charge in [-0.3, -0.25) is 0 Å². The number of carbonyl (C=O) groups excluding carboxylic acids is 1. The lowest BCUT2D eigenvalue weighted by Crippen LogP contribution is -2.00. The second-order valence-corrected chi connectivity index (χ2v) is 5.93. The molecule has 3 aromatic rings. The van der Waals surface area contributed by atoms with E-state index < -0.39 is 5.97 Å². The van der Waals surface area contributed by atoms with Crippen molar-refractivity contribution in [2.24, 2.45) is 0 Å². The monoisotopic (exact) mass is 364 g/mol. The van der Waals surface area contributed by atoms with Crippen molar-refractivity contribution in [3.63, 3.8) is 0 Å². The average Bonchev–Trinajstić information content (AvgIpc) is 3.34. The Bertz CT molecular complexity index is 992. The maximum atomic E-state index is 11.8. The maximum Gasteiger partial charge on any atom is 0.331 e. The summed E-state index contributed by atoms with van der Waals surface area (Å²) in [4.78, 5) is 16.1. The third-order valence-electron chi connectivity index (χ3n) is 3.93. The predicted octanol–water partition coefficient (Wildman–Crippen LogP) is 3.53. The van der Waals surface area contributed by atoms with Crippen LogP contribution in [0.25, 0.3) is 17.5 Å². The second kappa shape index (κ2) is 7.33. The molecule has 4 rings (SSSR count). The first-order valence-electron chi connectivity index (χ1n) is 8.31. The van der Waals surface area contributed by atoms with E-state index in [1.165, 1.54) is 6.08 Å². The van der Waals surface area contributed by atoms with E-state index in [1.54, 1.807) is 24.3 Å². The number of fused-ring (bicyclic) bond motifs is 1. The van der Waals surface area contributed by atoms with Gasteiger partial charge in [0.2, 0.25) is 12.6 Å². The first kappa shape index (κ1) is 16.8. The van der Waals surface area contributed by atoms with Crippen LogP contribution in [0, 0.1) is 6.92 Å². The number of carbonyl (C=O) groups is 1. The first-order chi connectivity index (χ1) is 13.2. The highest BCUT2D eigenvalue weighted by atomic mass is 16.7. The van der Waals surface area contributed by atoms with E-state index in [0.29, 0.717) is 17.3 Å². The average molecular weight is 364 g/mol. The minimum absolute atomic E-state index is 0.103. The van der Waals surface area contributed by atoms with Gasteiger partial charge in [-0.25, -0.2) is 4.79 Å². The molecule has 0 saturated heterocycles. The number of hydrogen-bond donors (Lipinski definition) is 0. The van der Waals surface area contributed by atoms with Crippen LogP contribution >= 0.6 is 0 Å². The van der Waals surface area contributed by atoms with Gasteiger partial charge in [-0.15, -0.1) is 0 Å². The minimum atomic E-state index is -0.488. The van der Waals surface area contributed by atoms with Crippen LogP contribution in [-0.4, -0.2) is 22.9 Å². The maximum absolute atomic E-state index is 11.8. The molecule has 7 heteroatoms. The second-order valence-electron chi connectivity index (χ2n) is 5.93. The Balaban J connectivity index is 1.35. The molecule has 0 aliphatic carbocycles. The van der Waals surface area contributed by atoms with Crippen LogP contribution in [0.5, 0.6) is 11.5 Å². The molecule has 0 spiro atoms. The molecule has 0 atom stereocenters. The van der Waals surface area contributed by atoms with E-state index in [0.717, 1.165) is 16.7 Å². The zero-order valence-corrected chi connectivity index (χ0v) is 14.5. The molecule has 1 aromatic heterocycles. The molecule has 0 saturated carbocycles. The number of aromatic nitrogens is 2. The van der Waals surface area contributed by atoms with Gasteiger partial charge in [-0.05, 0) is 36.8 Å². The summed E-state index contributed by atoms with van der Waals surface area (Å²) < 4.78 is 20.9. The molecule has 27 heavy (non-hydrogen) atoms. The van der Waals surface area contributed by atoms with Crippen molar-refractivity contribution in [3.8, 4) is 22.9 Å². The van der Waals surface area contributed by atoms with Gasteiger partial charge >= 0.3 is 5.97 Å². The van der Waals surface area contributed by atoms with Crippen molar-refractivity contribution >= 4 is 12.0 Å². The number of hydrogen-bond acceptors (Lipinski definition) is 7. The van der Waals surface area contributed by atoms with Crippen molar-refractivity contribution in [2.45, 2.75) is 13.5 Å². The molecule has 1 aliphatic rings. The van der Waals surface area contributed by atoms with Crippen LogP contribution in [-0.2, 0) is 16.1 Å². The smallest absolute Gasteiger partial charge is 0.331 e. The van der Waals surface area contributed by atoms with Gasteiger partial charge in [0.25, 0.3) is 5.89 Å². The van der Waals surface area contributed by atoms with Gasteiger partial charge in [0.15, 0.2) is 18.1 Å². The zero-order valence-electron chi connectivity index (χ0n) is 14.5. The van der Waals surface area contributed by atoms with Crippen LogP contribution in [0.3, 0.4) is 0 Å². The van der Waals surface area contributed by atoms with E-state index in [2.05, 4.69) is 10.1 Å². The predicted molar refractivity (Wildman–Crippen MR) is 95.9 cm³/mol. The van der Waals surface area contributed by atoms with Crippen molar-refractivity contribution in [1.29, 1.82) is 0 Å². The Kier molecular flexibility index (Phi) is 4.57. The molecule has 2 heterocycles. The van der Waals surface area contributed by atoms with E-state index in [9.17, 15) is 4.79 Å². The normalized spacial score (nSPS) is 12.5. The van der Waals surface area contributed by atoms with Gasteiger partial charge in [0.05, 0.1) is 0 Å². The van der Waals surface area contributed by atoms with Crippen LogP contribution in [0.2, 0.25) is 0 Å². The largest absolute Gasteiger partial charge is 0.454 e. The summed E-state index contributed by atoms with van der Waals surface area (Å²) in [5.41, 5.74) is 2.80. The number of rotatable bonds is 5. The minimum Gasteiger partial charge on any atom is -0.454 e.